The molecule has 8 nitrogen and oxygen atoms in total. The van der Waals surface area contributed by atoms with Crippen LogP contribution < -0.4 is 5.56 Å². The molecule has 0 bridgehead atoms. The van der Waals surface area contributed by atoms with E-state index in [0.717, 1.165) is 5.56 Å². The Bertz CT molecular complexity index is 1040. The maximum atomic E-state index is 12.3. The van der Waals surface area contributed by atoms with Crippen LogP contribution in [0.3, 0.4) is 0 Å². The number of esters is 1. The van der Waals surface area contributed by atoms with Crippen molar-refractivity contribution in [2.24, 2.45) is 0 Å². The van der Waals surface area contributed by atoms with E-state index in [0.29, 0.717) is 11.5 Å². The summed E-state index contributed by atoms with van der Waals surface area (Å²) < 4.78 is 12.1. The second kappa shape index (κ2) is 6.65. The largest absolute Gasteiger partial charge is 0.466 e. The number of carbonyl (C=O) groups is 1. The van der Waals surface area contributed by atoms with E-state index in [1.807, 2.05) is 6.92 Å². The summed E-state index contributed by atoms with van der Waals surface area (Å²) in [4.78, 5) is 30.7. The summed E-state index contributed by atoms with van der Waals surface area (Å²) in [7, 11) is 0. The first-order valence-electron chi connectivity index (χ1n) is 7.78. The van der Waals surface area contributed by atoms with Crippen LogP contribution in [-0.2, 0) is 16.1 Å². The van der Waals surface area contributed by atoms with Gasteiger partial charge in [-0.1, -0.05) is 0 Å². The van der Waals surface area contributed by atoms with Gasteiger partial charge in [0.1, 0.15) is 28.4 Å². The lowest BCUT2D eigenvalue weighted by atomic mass is 10.1. The van der Waals surface area contributed by atoms with Crippen LogP contribution >= 0.6 is 0 Å². The van der Waals surface area contributed by atoms with Crippen LogP contribution in [0, 0.1) is 18.3 Å². The van der Waals surface area contributed by atoms with Gasteiger partial charge < -0.3 is 18.7 Å². The van der Waals surface area contributed by atoms with E-state index >= 15 is 0 Å². The number of H-pyrrole nitrogens is 1. The van der Waals surface area contributed by atoms with E-state index < -0.39 is 0 Å². The number of aryl methyl sites for hydroxylation is 2. The average molecular weight is 340 g/mol. The van der Waals surface area contributed by atoms with E-state index in [1.54, 1.807) is 17.6 Å². The summed E-state index contributed by atoms with van der Waals surface area (Å²) in [6.45, 7) is 4.01. The zero-order valence-corrected chi connectivity index (χ0v) is 13.8. The van der Waals surface area contributed by atoms with Crippen LogP contribution in [0.1, 0.15) is 24.5 Å². The van der Waals surface area contributed by atoms with E-state index in [9.17, 15) is 14.9 Å². The molecular formula is C17H16N4O4. The van der Waals surface area contributed by atoms with Gasteiger partial charge >= 0.3 is 5.97 Å². The van der Waals surface area contributed by atoms with E-state index in [4.69, 9.17) is 9.15 Å². The number of ether oxygens (including phenoxy) is 1. The van der Waals surface area contributed by atoms with Crippen molar-refractivity contribution < 1.29 is 13.9 Å². The second-order valence-corrected chi connectivity index (χ2v) is 5.40. The number of nitriles is 1. The van der Waals surface area contributed by atoms with Gasteiger partial charge in [-0.05, 0) is 25.5 Å². The topological polar surface area (TPSA) is 114 Å². The van der Waals surface area contributed by atoms with Crippen LogP contribution in [0.2, 0.25) is 0 Å². The predicted octanol–water partition coefficient (Wildman–Crippen LogP) is 2.12. The van der Waals surface area contributed by atoms with Gasteiger partial charge in [-0.2, -0.15) is 5.26 Å². The minimum atomic E-state index is -0.388. The summed E-state index contributed by atoms with van der Waals surface area (Å²) in [6, 6.07) is 3.87. The fourth-order valence-electron chi connectivity index (χ4n) is 2.80. The highest BCUT2D eigenvalue weighted by molar-refractivity contribution is 5.90. The van der Waals surface area contributed by atoms with Gasteiger partial charge in [-0.3, -0.25) is 9.59 Å². The van der Waals surface area contributed by atoms with Gasteiger partial charge in [-0.25, -0.2) is 4.98 Å². The summed E-state index contributed by atoms with van der Waals surface area (Å²) in [6.07, 6.45) is 2.82. The molecule has 0 aliphatic rings. The monoisotopic (exact) mass is 340 g/mol. The number of carbonyl (C=O) groups excluding carboxylic acids is 1. The highest BCUT2D eigenvalue weighted by Gasteiger charge is 2.25. The third-order valence-electron chi connectivity index (χ3n) is 3.88. The molecule has 0 saturated heterocycles. The standard InChI is InChI=1S/C17H16N4O4/c1-3-24-12(22)4-6-21-14(16-10(2)5-7-25-16)11(8-18)13-15(21)17(23)20-9-19-13/h5,7,9H,3-4,6H2,1-2H3,(H,19,20,23). The van der Waals surface area contributed by atoms with Crippen LogP contribution in [0.15, 0.2) is 27.9 Å². The molecule has 0 aliphatic heterocycles. The molecule has 0 aromatic carbocycles. The van der Waals surface area contributed by atoms with Gasteiger partial charge in [-0.15, -0.1) is 0 Å². The number of nitrogens with one attached hydrogen (secondary N) is 1. The molecule has 128 valence electrons. The first kappa shape index (κ1) is 16.5. The zero-order valence-electron chi connectivity index (χ0n) is 13.8. The quantitative estimate of drug-likeness (QED) is 0.712. The van der Waals surface area contributed by atoms with E-state index in [2.05, 4.69) is 16.0 Å². The van der Waals surface area contributed by atoms with Gasteiger partial charge in [0, 0.05) is 6.54 Å². The number of hydrogen-bond donors (Lipinski definition) is 1. The lowest BCUT2D eigenvalue weighted by Gasteiger charge is -2.09. The van der Waals surface area contributed by atoms with Crippen molar-refractivity contribution in [1.29, 1.82) is 5.26 Å². The molecule has 25 heavy (non-hydrogen) atoms. The first-order chi connectivity index (χ1) is 12.1. The van der Waals surface area contributed by atoms with Crippen LogP contribution in [0.4, 0.5) is 0 Å². The third kappa shape index (κ3) is 2.80. The van der Waals surface area contributed by atoms with Crippen LogP contribution in [-0.4, -0.2) is 27.1 Å². The first-order valence-corrected chi connectivity index (χ1v) is 7.78. The van der Waals surface area contributed by atoms with Crippen LogP contribution in [0.5, 0.6) is 0 Å². The lowest BCUT2D eigenvalue weighted by Crippen LogP contribution is -2.15. The van der Waals surface area contributed by atoms with Gasteiger partial charge in [0.25, 0.3) is 5.56 Å². The van der Waals surface area contributed by atoms with E-state index in [1.165, 1.54) is 12.6 Å². The SMILES string of the molecule is CCOC(=O)CCn1c(-c2occc2C)c(C#N)c2nc[nH]c(=O)c21. The van der Waals surface area contributed by atoms with Crippen molar-refractivity contribution in [3.8, 4) is 17.5 Å². The summed E-state index contributed by atoms with van der Waals surface area (Å²) in [5, 5.41) is 9.62. The Morgan fingerprint density at radius 2 is 2.32 bits per heavy atom. The number of hydrogen-bond acceptors (Lipinski definition) is 6. The minimum absolute atomic E-state index is 0.0591. The fraction of sp³-hybridized carbons (Fsp3) is 0.294. The van der Waals surface area contributed by atoms with Crippen molar-refractivity contribution in [3.05, 3.63) is 40.1 Å². The Balaban J connectivity index is 2.25. The molecule has 0 radical (unpaired) electrons. The van der Waals surface area contributed by atoms with E-state index in [-0.39, 0.29) is 47.7 Å². The molecule has 0 saturated carbocycles. The summed E-state index contributed by atoms with van der Waals surface area (Å²) in [5.41, 5.74) is 1.61. The summed E-state index contributed by atoms with van der Waals surface area (Å²) >= 11 is 0. The molecule has 0 atom stereocenters. The molecule has 3 rings (SSSR count). The van der Waals surface area contributed by atoms with Gasteiger partial charge in [0.2, 0.25) is 0 Å². The Hall–Kier alpha value is -3.34. The number of nitrogens with zero attached hydrogens (tertiary/aromatic N) is 3. The molecular weight excluding hydrogens is 324 g/mol. The third-order valence-corrected chi connectivity index (χ3v) is 3.88. The average Bonchev–Trinajstić information content (AvgIpc) is 3.14. The Labute approximate surface area is 142 Å². The molecule has 0 amide bonds. The molecule has 0 aliphatic carbocycles. The molecule has 0 unspecified atom stereocenters. The van der Waals surface area contributed by atoms with Gasteiger partial charge in [0.15, 0.2) is 5.76 Å². The molecule has 3 aromatic rings. The Morgan fingerprint density at radius 1 is 1.52 bits per heavy atom. The highest BCUT2D eigenvalue weighted by Crippen LogP contribution is 2.33. The molecule has 0 fully saturated rings. The Kier molecular flexibility index (Phi) is 4.39. The second-order valence-electron chi connectivity index (χ2n) is 5.40. The maximum absolute atomic E-state index is 12.3. The van der Waals surface area contributed by atoms with Crippen LogP contribution in [0.25, 0.3) is 22.5 Å². The van der Waals surface area contributed by atoms with Crippen molar-refractivity contribution in [1.82, 2.24) is 14.5 Å². The van der Waals surface area contributed by atoms with Crippen molar-refractivity contribution in [2.45, 2.75) is 26.8 Å². The summed E-state index contributed by atoms with van der Waals surface area (Å²) in [5.74, 6) is 0.0862. The van der Waals surface area contributed by atoms with Gasteiger partial charge in [0.05, 0.1) is 25.6 Å². The Morgan fingerprint density at radius 3 is 2.96 bits per heavy atom. The fourth-order valence-corrected chi connectivity index (χ4v) is 2.80. The minimum Gasteiger partial charge on any atom is -0.466 e. The number of rotatable bonds is 5. The van der Waals surface area contributed by atoms with Crippen molar-refractivity contribution >= 4 is 17.0 Å². The smallest absolute Gasteiger partial charge is 0.307 e. The van der Waals surface area contributed by atoms with Crippen molar-refractivity contribution in [3.63, 3.8) is 0 Å². The lowest BCUT2D eigenvalue weighted by molar-refractivity contribution is -0.143. The molecule has 0 spiro atoms. The molecule has 8 heteroatoms. The number of fused-ring (bicyclic) bond motifs is 1. The maximum Gasteiger partial charge on any atom is 0.307 e. The highest BCUT2D eigenvalue weighted by atomic mass is 16.5. The molecule has 3 heterocycles. The number of aromatic amines is 1. The molecule has 3 aromatic heterocycles. The molecule has 1 N–H and O–H groups in total. The number of aromatic nitrogens is 3. The number of furan rings is 1. The van der Waals surface area contributed by atoms with Crippen molar-refractivity contribution in [2.75, 3.05) is 6.61 Å². The normalized spacial score (nSPS) is 10.8. The predicted molar refractivity (Wildman–Crippen MR) is 88.8 cm³/mol. The zero-order chi connectivity index (χ0) is 18.0.